The van der Waals surface area contributed by atoms with Crippen molar-refractivity contribution in [3.63, 3.8) is 0 Å². The van der Waals surface area contributed by atoms with Crippen LogP contribution in [0.5, 0.6) is 0 Å². The highest BCUT2D eigenvalue weighted by Crippen LogP contribution is 2.56. The molecule has 3 nitrogen and oxygen atoms in total. The van der Waals surface area contributed by atoms with Crippen molar-refractivity contribution in [1.29, 1.82) is 0 Å². The largest absolute Gasteiger partial charge is 0.382 e. The smallest absolute Gasteiger partial charge is 0.148 e. The first-order valence-corrected chi connectivity index (χ1v) is 6.13. The fourth-order valence-electron chi connectivity index (χ4n) is 3.34. The van der Waals surface area contributed by atoms with Gasteiger partial charge in [-0.3, -0.25) is 5.10 Å². The maximum absolute atomic E-state index is 5.88. The highest BCUT2D eigenvalue weighted by atomic mass is 15.2. The van der Waals surface area contributed by atoms with Crippen molar-refractivity contribution in [2.75, 3.05) is 5.73 Å². The van der Waals surface area contributed by atoms with E-state index >= 15 is 0 Å². The second-order valence-corrected chi connectivity index (χ2v) is 5.05. The molecule has 2 saturated carbocycles. The van der Waals surface area contributed by atoms with Crippen LogP contribution in [-0.4, -0.2) is 10.2 Å². The second kappa shape index (κ2) is 3.26. The summed E-state index contributed by atoms with van der Waals surface area (Å²) in [6.45, 7) is 2.16. The molecule has 0 saturated heterocycles. The number of hydrogen-bond donors (Lipinski definition) is 2. The standard InChI is InChI=1S/C12H19N3/c1-2-8-11(14-15-12(8)13)9-5-3-4-7-6-10(7)9/h7,9-10H,2-6H2,1H3,(H3,13,14,15). The Hall–Kier alpha value is -0.990. The molecule has 3 rings (SSSR count). The van der Waals surface area contributed by atoms with Crippen molar-refractivity contribution >= 4 is 5.82 Å². The van der Waals surface area contributed by atoms with Gasteiger partial charge in [0.15, 0.2) is 0 Å². The van der Waals surface area contributed by atoms with Crippen LogP contribution in [0.25, 0.3) is 0 Å². The molecule has 1 aromatic heterocycles. The first-order chi connectivity index (χ1) is 7.31. The average molecular weight is 205 g/mol. The van der Waals surface area contributed by atoms with Gasteiger partial charge in [-0.05, 0) is 31.1 Å². The molecule has 3 N–H and O–H groups in total. The van der Waals surface area contributed by atoms with E-state index in [0.717, 1.165) is 30.0 Å². The zero-order valence-corrected chi connectivity index (χ0v) is 9.29. The predicted molar refractivity (Wildman–Crippen MR) is 60.6 cm³/mol. The van der Waals surface area contributed by atoms with Crippen LogP contribution >= 0.6 is 0 Å². The van der Waals surface area contributed by atoms with Crippen molar-refractivity contribution in [2.45, 2.75) is 44.9 Å². The highest BCUT2D eigenvalue weighted by molar-refractivity contribution is 5.44. The summed E-state index contributed by atoms with van der Waals surface area (Å²) in [5.74, 6) is 3.39. The molecule has 2 fully saturated rings. The van der Waals surface area contributed by atoms with Gasteiger partial charge in [-0.25, -0.2) is 0 Å². The van der Waals surface area contributed by atoms with Gasteiger partial charge in [-0.1, -0.05) is 19.8 Å². The predicted octanol–water partition coefficient (Wildman–Crippen LogP) is 2.46. The number of anilines is 1. The van der Waals surface area contributed by atoms with Gasteiger partial charge in [-0.2, -0.15) is 5.10 Å². The number of aromatic amines is 1. The Bertz CT molecular complexity index is 369. The Morgan fingerprint density at radius 1 is 1.47 bits per heavy atom. The van der Waals surface area contributed by atoms with E-state index in [2.05, 4.69) is 17.1 Å². The van der Waals surface area contributed by atoms with Crippen LogP contribution in [-0.2, 0) is 6.42 Å². The van der Waals surface area contributed by atoms with Gasteiger partial charge in [0.1, 0.15) is 5.82 Å². The fourth-order valence-corrected chi connectivity index (χ4v) is 3.34. The van der Waals surface area contributed by atoms with Crippen molar-refractivity contribution in [1.82, 2.24) is 10.2 Å². The summed E-state index contributed by atoms with van der Waals surface area (Å²) in [4.78, 5) is 0. The normalized spacial score (nSPS) is 33.8. The molecular weight excluding hydrogens is 186 g/mol. The highest BCUT2D eigenvalue weighted by Gasteiger charge is 2.46. The Morgan fingerprint density at radius 3 is 3.13 bits per heavy atom. The molecule has 0 radical (unpaired) electrons. The zero-order chi connectivity index (χ0) is 10.4. The van der Waals surface area contributed by atoms with Crippen LogP contribution < -0.4 is 5.73 Å². The van der Waals surface area contributed by atoms with E-state index in [0.29, 0.717) is 0 Å². The summed E-state index contributed by atoms with van der Waals surface area (Å²) in [6, 6.07) is 0. The number of rotatable bonds is 2. The van der Waals surface area contributed by atoms with Gasteiger partial charge >= 0.3 is 0 Å². The molecule has 3 heteroatoms. The monoisotopic (exact) mass is 205 g/mol. The van der Waals surface area contributed by atoms with Crippen LogP contribution in [0.15, 0.2) is 0 Å². The first-order valence-electron chi connectivity index (χ1n) is 6.13. The van der Waals surface area contributed by atoms with Gasteiger partial charge in [-0.15, -0.1) is 0 Å². The Kier molecular flexibility index (Phi) is 2.01. The van der Waals surface area contributed by atoms with Gasteiger partial charge in [0.25, 0.3) is 0 Å². The van der Waals surface area contributed by atoms with Crippen molar-refractivity contribution in [3.8, 4) is 0 Å². The number of nitrogens with one attached hydrogen (secondary N) is 1. The van der Waals surface area contributed by atoms with Crippen LogP contribution in [0, 0.1) is 11.8 Å². The molecule has 15 heavy (non-hydrogen) atoms. The number of nitrogens with two attached hydrogens (primary N) is 1. The fraction of sp³-hybridized carbons (Fsp3) is 0.750. The van der Waals surface area contributed by atoms with E-state index in [4.69, 9.17) is 5.73 Å². The minimum absolute atomic E-state index is 0.718. The summed E-state index contributed by atoms with van der Waals surface area (Å²) in [7, 11) is 0. The van der Waals surface area contributed by atoms with Gasteiger partial charge in [0.2, 0.25) is 0 Å². The van der Waals surface area contributed by atoms with Gasteiger partial charge < -0.3 is 5.73 Å². The summed E-state index contributed by atoms with van der Waals surface area (Å²) >= 11 is 0. The molecule has 0 aliphatic heterocycles. The molecule has 1 heterocycles. The van der Waals surface area contributed by atoms with E-state index in [1.54, 1.807) is 0 Å². The number of nitrogen functional groups attached to an aromatic ring is 1. The van der Waals surface area contributed by atoms with Gasteiger partial charge in [0, 0.05) is 17.2 Å². The lowest BCUT2D eigenvalue weighted by atomic mass is 9.85. The molecule has 3 unspecified atom stereocenters. The lowest BCUT2D eigenvalue weighted by molar-refractivity contribution is 0.412. The lowest BCUT2D eigenvalue weighted by Crippen LogP contribution is -2.10. The summed E-state index contributed by atoms with van der Waals surface area (Å²) < 4.78 is 0. The van der Waals surface area contributed by atoms with Crippen molar-refractivity contribution in [2.24, 2.45) is 11.8 Å². The van der Waals surface area contributed by atoms with E-state index in [1.807, 2.05) is 0 Å². The van der Waals surface area contributed by atoms with Gasteiger partial charge in [0.05, 0.1) is 0 Å². The van der Waals surface area contributed by atoms with E-state index in [9.17, 15) is 0 Å². The quantitative estimate of drug-likeness (QED) is 0.779. The molecule has 0 amide bonds. The maximum atomic E-state index is 5.88. The number of hydrogen-bond acceptors (Lipinski definition) is 2. The number of H-pyrrole nitrogens is 1. The SMILES string of the molecule is CCc1c(N)n[nH]c1C1CCCC2CC21. The molecule has 2 aliphatic carbocycles. The molecule has 0 spiro atoms. The summed E-state index contributed by atoms with van der Waals surface area (Å²) in [5, 5.41) is 7.35. The topological polar surface area (TPSA) is 54.7 Å². The summed E-state index contributed by atoms with van der Waals surface area (Å²) in [5.41, 5.74) is 8.50. The Labute approximate surface area is 90.4 Å². The average Bonchev–Trinajstić information content (AvgIpc) is 2.95. The van der Waals surface area contributed by atoms with Crippen molar-refractivity contribution < 1.29 is 0 Å². The van der Waals surface area contributed by atoms with Crippen LogP contribution in [0.3, 0.4) is 0 Å². The molecule has 0 aromatic carbocycles. The van der Waals surface area contributed by atoms with Crippen LogP contribution in [0.1, 0.15) is 49.8 Å². The number of nitrogens with zero attached hydrogens (tertiary/aromatic N) is 1. The third-order valence-electron chi connectivity index (χ3n) is 4.24. The number of fused-ring (bicyclic) bond motifs is 1. The van der Waals surface area contributed by atoms with E-state index in [-0.39, 0.29) is 0 Å². The molecule has 82 valence electrons. The maximum Gasteiger partial charge on any atom is 0.148 e. The Balaban J connectivity index is 1.91. The lowest BCUT2D eigenvalue weighted by Gasteiger charge is -2.21. The van der Waals surface area contributed by atoms with Crippen LogP contribution in [0.4, 0.5) is 5.82 Å². The molecule has 1 aromatic rings. The molecule has 2 aliphatic rings. The Morgan fingerprint density at radius 2 is 2.33 bits per heavy atom. The minimum Gasteiger partial charge on any atom is -0.382 e. The second-order valence-electron chi connectivity index (χ2n) is 5.05. The van der Waals surface area contributed by atoms with Crippen molar-refractivity contribution in [3.05, 3.63) is 11.3 Å². The summed E-state index contributed by atoms with van der Waals surface area (Å²) in [6.07, 6.45) is 6.61. The zero-order valence-electron chi connectivity index (χ0n) is 9.29. The first kappa shape index (κ1) is 9.25. The van der Waals surface area contributed by atoms with E-state index in [1.165, 1.54) is 36.9 Å². The third kappa shape index (κ3) is 1.36. The minimum atomic E-state index is 0.718. The molecule has 0 bridgehead atoms. The molecule has 3 atom stereocenters. The number of aromatic nitrogens is 2. The van der Waals surface area contributed by atoms with Crippen LogP contribution in [0.2, 0.25) is 0 Å². The molecular formula is C12H19N3. The third-order valence-corrected chi connectivity index (χ3v) is 4.24. The van der Waals surface area contributed by atoms with E-state index < -0.39 is 0 Å².